The number of nitrogens with one attached hydrogen (secondary N) is 2. The second kappa shape index (κ2) is 7.04. The standard InChI is InChI=1S/C15H18FN3O2/c16-12-6-5-10(8-17)7-11(12)9-18-15(21)19-13-3-1-2-4-14(13)20/h5-7,13-14,20H,1-4,9H2,(H2,18,19,21). The van der Waals surface area contributed by atoms with Gasteiger partial charge in [-0.25, -0.2) is 9.18 Å². The smallest absolute Gasteiger partial charge is 0.315 e. The molecule has 2 atom stereocenters. The molecule has 0 bridgehead atoms. The molecule has 5 nitrogen and oxygen atoms in total. The third-order valence-corrected chi connectivity index (χ3v) is 3.66. The predicted molar refractivity (Wildman–Crippen MR) is 74.7 cm³/mol. The van der Waals surface area contributed by atoms with E-state index in [2.05, 4.69) is 10.6 Å². The minimum absolute atomic E-state index is 0.00397. The van der Waals surface area contributed by atoms with Gasteiger partial charge in [-0.05, 0) is 31.0 Å². The van der Waals surface area contributed by atoms with Crippen LogP contribution in [0.3, 0.4) is 0 Å². The van der Waals surface area contributed by atoms with E-state index in [1.54, 1.807) is 0 Å². The van der Waals surface area contributed by atoms with Crippen molar-refractivity contribution in [1.29, 1.82) is 5.26 Å². The summed E-state index contributed by atoms with van der Waals surface area (Å²) in [6.07, 6.45) is 2.84. The van der Waals surface area contributed by atoms with Gasteiger partial charge in [-0.1, -0.05) is 12.8 Å². The van der Waals surface area contributed by atoms with E-state index in [0.29, 0.717) is 12.0 Å². The molecule has 1 aromatic carbocycles. The van der Waals surface area contributed by atoms with Crippen LogP contribution in [0.5, 0.6) is 0 Å². The predicted octanol–water partition coefficient (Wildman–Crippen LogP) is 1.80. The van der Waals surface area contributed by atoms with Gasteiger partial charge in [0.05, 0.1) is 23.8 Å². The molecule has 1 saturated carbocycles. The molecule has 3 N–H and O–H groups in total. The molecular weight excluding hydrogens is 273 g/mol. The van der Waals surface area contributed by atoms with Crippen LogP contribution in [0.2, 0.25) is 0 Å². The van der Waals surface area contributed by atoms with Crippen LogP contribution in [-0.2, 0) is 6.54 Å². The fourth-order valence-corrected chi connectivity index (χ4v) is 2.45. The third-order valence-electron chi connectivity index (χ3n) is 3.66. The van der Waals surface area contributed by atoms with Crippen molar-refractivity contribution in [3.05, 3.63) is 35.1 Å². The van der Waals surface area contributed by atoms with Crippen molar-refractivity contribution in [2.75, 3.05) is 0 Å². The zero-order valence-electron chi connectivity index (χ0n) is 11.6. The van der Waals surface area contributed by atoms with E-state index in [9.17, 15) is 14.3 Å². The van der Waals surface area contributed by atoms with Crippen molar-refractivity contribution >= 4 is 6.03 Å². The maximum absolute atomic E-state index is 13.6. The van der Waals surface area contributed by atoms with Crippen molar-refractivity contribution in [2.24, 2.45) is 0 Å². The highest BCUT2D eigenvalue weighted by molar-refractivity contribution is 5.74. The lowest BCUT2D eigenvalue weighted by molar-refractivity contribution is 0.0943. The van der Waals surface area contributed by atoms with Crippen LogP contribution >= 0.6 is 0 Å². The van der Waals surface area contributed by atoms with Crippen molar-refractivity contribution in [1.82, 2.24) is 10.6 Å². The van der Waals surface area contributed by atoms with Gasteiger partial charge in [0.25, 0.3) is 0 Å². The summed E-state index contributed by atoms with van der Waals surface area (Å²) in [6.45, 7) is -0.00397. The first-order valence-electron chi connectivity index (χ1n) is 7.01. The van der Waals surface area contributed by atoms with Crippen molar-refractivity contribution in [3.8, 4) is 6.07 Å². The number of hydrogen-bond donors (Lipinski definition) is 3. The minimum atomic E-state index is -0.525. The number of carbonyl (C=O) groups excluding carboxylic acids is 1. The Morgan fingerprint density at radius 1 is 1.43 bits per heavy atom. The molecule has 21 heavy (non-hydrogen) atoms. The Bertz CT molecular complexity index is 556. The average molecular weight is 291 g/mol. The minimum Gasteiger partial charge on any atom is -0.391 e. The monoisotopic (exact) mass is 291 g/mol. The molecule has 1 aliphatic carbocycles. The van der Waals surface area contributed by atoms with Gasteiger partial charge in [-0.15, -0.1) is 0 Å². The number of halogens is 1. The highest BCUT2D eigenvalue weighted by atomic mass is 19.1. The van der Waals surface area contributed by atoms with Gasteiger partial charge in [-0.3, -0.25) is 0 Å². The topological polar surface area (TPSA) is 85.2 Å². The van der Waals surface area contributed by atoms with Gasteiger partial charge in [-0.2, -0.15) is 5.26 Å². The van der Waals surface area contributed by atoms with E-state index in [4.69, 9.17) is 5.26 Å². The lowest BCUT2D eigenvalue weighted by Crippen LogP contribution is -2.48. The normalized spacial score (nSPS) is 21.4. The maximum atomic E-state index is 13.6. The summed E-state index contributed by atoms with van der Waals surface area (Å²) in [5, 5.41) is 23.8. The number of amides is 2. The Balaban J connectivity index is 1.88. The van der Waals surface area contributed by atoms with E-state index in [1.165, 1.54) is 18.2 Å². The highest BCUT2D eigenvalue weighted by Crippen LogP contribution is 2.18. The Morgan fingerprint density at radius 3 is 2.90 bits per heavy atom. The van der Waals surface area contributed by atoms with E-state index in [0.717, 1.165) is 19.3 Å². The molecule has 112 valence electrons. The molecule has 2 unspecified atom stereocenters. The van der Waals surface area contributed by atoms with E-state index >= 15 is 0 Å². The second-order valence-electron chi connectivity index (χ2n) is 5.20. The molecular formula is C15H18FN3O2. The van der Waals surface area contributed by atoms with Crippen molar-refractivity contribution in [3.63, 3.8) is 0 Å². The first kappa shape index (κ1) is 15.3. The molecule has 0 heterocycles. The molecule has 0 spiro atoms. The van der Waals surface area contributed by atoms with Crippen LogP contribution in [0.1, 0.15) is 36.8 Å². The summed E-state index contributed by atoms with van der Waals surface area (Å²) in [5.74, 6) is -0.466. The number of urea groups is 1. The first-order chi connectivity index (χ1) is 10.1. The molecule has 0 aliphatic heterocycles. The number of aliphatic hydroxyl groups excluding tert-OH is 1. The molecule has 0 radical (unpaired) electrons. The molecule has 1 fully saturated rings. The molecule has 1 aliphatic rings. The molecule has 6 heteroatoms. The molecule has 2 rings (SSSR count). The SMILES string of the molecule is N#Cc1ccc(F)c(CNC(=O)NC2CCCCC2O)c1. The van der Waals surface area contributed by atoms with Crippen LogP contribution in [0, 0.1) is 17.1 Å². The van der Waals surface area contributed by atoms with E-state index in [1.807, 2.05) is 6.07 Å². The average Bonchev–Trinajstić information content (AvgIpc) is 2.49. The lowest BCUT2D eigenvalue weighted by atomic mass is 9.93. The molecule has 0 aromatic heterocycles. The van der Waals surface area contributed by atoms with Gasteiger partial charge in [0.15, 0.2) is 0 Å². The van der Waals surface area contributed by atoms with Crippen molar-refractivity contribution < 1.29 is 14.3 Å². The first-order valence-corrected chi connectivity index (χ1v) is 7.01. The van der Waals surface area contributed by atoms with Crippen LogP contribution in [0.25, 0.3) is 0 Å². The van der Waals surface area contributed by atoms with Crippen molar-refractivity contribution in [2.45, 2.75) is 44.4 Å². The number of carbonyl (C=O) groups is 1. The van der Waals surface area contributed by atoms with Crippen LogP contribution in [0.4, 0.5) is 9.18 Å². The fraction of sp³-hybridized carbons (Fsp3) is 0.467. The third kappa shape index (κ3) is 4.17. The fourth-order valence-electron chi connectivity index (χ4n) is 2.45. The van der Waals surface area contributed by atoms with E-state index in [-0.39, 0.29) is 18.2 Å². The number of hydrogen-bond acceptors (Lipinski definition) is 3. The quantitative estimate of drug-likeness (QED) is 0.794. The highest BCUT2D eigenvalue weighted by Gasteiger charge is 2.24. The lowest BCUT2D eigenvalue weighted by Gasteiger charge is -2.28. The van der Waals surface area contributed by atoms with Crippen LogP contribution < -0.4 is 10.6 Å². The molecule has 2 amide bonds. The number of nitriles is 1. The van der Waals surface area contributed by atoms with E-state index < -0.39 is 18.0 Å². The summed E-state index contributed by atoms with van der Waals surface area (Å²) in [7, 11) is 0. The maximum Gasteiger partial charge on any atom is 0.315 e. The largest absolute Gasteiger partial charge is 0.391 e. The Kier molecular flexibility index (Phi) is 5.12. The summed E-state index contributed by atoms with van der Waals surface area (Å²) >= 11 is 0. The van der Waals surface area contributed by atoms with Crippen LogP contribution in [0.15, 0.2) is 18.2 Å². The zero-order valence-corrected chi connectivity index (χ0v) is 11.6. The zero-order chi connectivity index (χ0) is 15.2. The summed E-state index contributed by atoms with van der Waals surface area (Å²) in [6, 6.07) is 5.23. The summed E-state index contributed by atoms with van der Waals surface area (Å²) < 4.78 is 13.6. The van der Waals surface area contributed by atoms with Gasteiger partial charge < -0.3 is 15.7 Å². The van der Waals surface area contributed by atoms with Gasteiger partial charge in [0, 0.05) is 12.1 Å². The number of benzene rings is 1. The second-order valence-corrected chi connectivity index (χ2v) is 5.20. The Morgan fingerprint density at radius 2 is 2.19 bits per heavy atom. The van der Waals surface area contributed by atoms with Crippen LogP contribution in [-0.4, -0.2) is 23.3 Å². The van der Waals surface area contributed by atoms with Gasteiger partial charge in [0.2, 0.25) is 0 Å². The summed E-state index contributed by atoms with van der Waals surface area (Å²) in [4.78, 5) is 11.8. The van der Waals surface area contributed by atoms with Gasteiger partial charge >= 0.3 is 6.03 Å². The summed E-state index contributed by atoms with van der Waals surface area (Å²) in [5.41, 5.74) is 0.602. The number of aliphatic hydroxyl groups is 1. The molecule has 1 aromatic rings. The Hall–Kier alpha value is -2.13. The number of nitrogens with zero attached hydrogens (tertiary/aromatic N) is 1. The van der Waals surface area contributed by atoms with Gasteiger partial charge in [0.1, 0.15) is 5.82 Å². The molecule has 0 saturated heterocycles. The Labute approximate surface area is 122 Å². The number of rotatable bonds is 3.